The smallest absolute Gasteiger partial charge is 0.211 e. The first-order valence-corrected chi connectivity index (χ1v) is 9.15. The molecule has 1 N–H and O–H groups in total. The van der Waals surface area contributed by atoms with Crippen LogP contribution in [0.5, 0.6) is 0 Å². The van der Waals surface area contributed by atoms with Gasteiger partial charge in [-0.3, -0.25) is 0 Å². The van der Waals surface area contributed by atoms with Crippen molar-refractivity contribution in [3.63, 3.8) is 0 Å². The largest absolute Gasteiger partial charge is 0.305 e. The van der Waals surface area contributed by atoms with Crippen LogP contribution < -0.4 is 4.72 Å². The molecule has 0 aliphatic carbocycles. The molecule has 0 fully saturated rings. The van der Waals surface area contributed by atoms with Gasteiger partial charge in [0.1, 0.15) is 0 Å². The van der Waals surface area contributed by atoms with Crippen molar-refractivity contribution in [3.05, 3.63) is 0 Å². The Morgan fingerprint density at radius 1 is 1.21 bits per heavy atom. The van der Waals surface area contributed by atoms with Crippen LogP contribution in [-0.2, 0) is 10.0 Å². The van der Waals surface area contributed by atoms with Gasteiger partial charge in [-0.05, 0) is 25.9 Å². The van der Waals surface area contributed by atoms with Crippen molar-refractivity contribution in [2.45, 2.75) is 39.7 Å². The first-order valence-electron chi connectivity index (χ1n) is 6.97. The molecule has 0 radical (unpaired) electrons. The number of hydrogen-bond acceptors (Lipinski definition) is 3. The monoisotopic (exact) mass is 312 g/mol. The molecule has 0 aromatic rings. The summed E-state index contributed by atoms with van der Waals surface area (Å²) in [5.74, 6) is 0.942. The highest BCUT2D eigenvalue weighted by molar-refractivity contribution is 7.89. The van der Waals surface area contributed by atoms with Gasteiger partial charge in [0.05, 0.1) is 5.75 Å². The van der Waals surface area contributed by atoms with Crippen molar-refractivity contribution in [1.29, 1.82) is 0 Å². The fraction of sp³-hybridized carbons (Fsp3) is 1.00. The minimum atomic E-state index is -3.23. The van der Waals surface area contributed by atoms with Crippen LogP contribution in [0.15, 0.2) is 0 Å². The van der Waals surface area contributed by atoms with Crippen molar-refractivity contribution >= 4 is 21.6 Å². The fourth-order valence-corrected chi connectivity index (χ4v) is 3.94. The summed E-state index contributed by atoms with van der Waals surface area (Å²) in [5, 5.41) is 0. The number of likely N-dealkylation sites (N-methyl/N-ethyl adjacent to an activating group) is 1. The van der Waals surface area contributed by atoms with E-state index >= 15 is 0 Å². The molecule has 6 heteroatoms. The zero-order chi connectivity index (χ0) is 15.1. The van der Waals surface area contributed by atoms with E-state index in [9.17, 15) is 8.42 Å². The van der Waals surface area contributed by atoms with Crippen molar-refractivity contribution in [2.24, 2.45) is 11.8 Å². The average Bonchev–Trinajstić information content (AvgIpc) is 2.33. The van der Waals surface area contributed by atoms with Gasteiger partial charge in [-0.1, -0.05) is 33.6 Å². The number of nitrogens with zero attached hydrogens (tertiary/aromatic N) is 1. The van der Waals surface area contributed by atoms with E-state index in [4.69, 9.17) is 11.6 Å². The minimum absolute atomic E-state index is 0.0230. The molecule has 0 heterocycles. The highest BCUT2D eigenvalue weighted by Crippen LogP contribution is 2.16. The molecule has 0 saturated heterocycles. The maximum atomic E-state index is 11.9. The van der Waals surface area contributed by atoms with Gasteiger partial charge in [0, 0.05) is 18.5 Å². The summed E-state index contributed by atoms with van der Waals surface area (Å²) in [6.45, 7) is 6.61. The summed E-state index contributed by atoms with van der Waals surface area (Å²) in [4.78, 5) is 2.10. The van der Waals surface area contributed by atoms with E-state index < -0.39 is 10.0 Å². The second-order valence-corrected chi connectivity index (χ2v) is 7.66. The molecule has 0 aromatic carbocycles. The zero-order valence-electron chi connectivity index (χ0n) is 12.8. The second-order valence-electron chi connectivity index (χ2n) is 5.50. The van der Waals surface area contributed by atoms with Gasteiger partial charge >= 0.3 is 0 Å². The van der Waals surface area contributed by atoms with Gasteiger partial charge < -0.3 is 4.90 Å². The highest BCUT2D eigenvalue weighted by atomic mass is 35.5. The Morgan fingerprint density at radius 2 is 1.74 bits per heavy atom. The first-order chi connectivity index (χ1) is 8.77. The van der Waals surface area contributed by atoms with Crippen LogP contribution in [-0.4, -0.2) is 51.6 Å². The summed E-state index contributed by atoms with van der Waals surface area (Å²) in [6, 6.07) is 0.232. The Balaban J connectivity index is 4.55. The van der Waals surface area contributed by atoms with Gasteiger partial charge in [0.25, 0.3) is 0 Å². The molecule has 0 amide bonds. The normalized spacial score (nSPS) is 16.0. The van der Waals surface area contributed by atoms with Gasteiger partial charge in [-0.2, -0.15) is 0 Å². The lowest BCUT2D eigenvalue weighted by atomic mass is 9.93. The Hall–Kier alpha value is 0.160. The van der Waals surface area contributed by atoms with E-state index in [0.29, 0.717) is 18.3 Å². The zero-order valence-corrected chi connectivity index (χ0v) is 14.4. The Labute approximate surface area is 123 Å². The maximum Gasteiger partial charge on any atom is 0.211 e. The predicted octanol–water partition coefficient (Wildman–Crippen LogP) is 2.15. The molecule has 0 bridgehead atoms. The van der Waals surface area contributed by atoms with E-state index in [1.165, 1.54) is 0 Å². The summed E-state index contributed by atoms with van der Waals surface area (Å²) < 4.78 is 26.6. The van der Waals surface area contributed by atoms with E-state index in [2.05, 4.69) is 23.5 Å². The second kappa shape index (κ2) is 9.16. The summed E-state index contributed by atoms with van der Waals surface area (Å²) in [6.07, 6.45) is 2.11. The summed E-state index contributed by atoms with van der Waals surface area (Å²) in [5.41, 5.74) is 0. The number of sulfonamides is 1. The van der Waals surface area contributed by atoms with Gasteiger partial charge in [-0.15, -0.1) is 11.6 Å². The molecule has 0 aliphatic rings. The summed E-state index contributed by atoms with van der Waals surface area (Å²) in [7, 11) is 0.765. The van der Waals surface area contributed by atoms with Gasteiger partial charge in [-0.25, -0.2) is 13.1 Å². The Morgan fingerprint density at radius 3 is 2.11 bits per heavy atom. The van der Waals surface area contributed by atoms with Crippen molar-refractivity contribution in [3.8, 4) is 0 Å². The topological polar surface area (TPSA) is 49.4 Å². The lowest BCUT2D eigenvalue weighted by Crippen LogP contribution is -2.45. The molecule has 0 aromatic heterocycles. The standard InChI is InChI=1S/C13H29ClN2O2S/c1-6-12(7-2)13(16(4)5)9-15-19(17,18)10-11(3)8-14/h11-13,15H,6-10H2,1-5H3. The molecule has 116 valence electrons. The fourth-order valence-electron chi connectivity index (χ4n) is 2.29. The average molecular weight is 313 g/mol. The van der Waals surface area contributed by atoms with Crippen LogP contribution in [0.4, 0.5) is 0 Å². The molecule has 0 aliphatic heterocycles. The highest BCUT2D eigenvalue weighted by Gasteiger charge is 2.23. The van der Waals surface area contributed by atoms with Crippen LogP contribution >= 0.6 is 11.6 Å². The third kappa shape index (κ3) is 7.49. The van der Waals surface area contributed by atoms with Crippen LogP contribution in [0.1, 0.15) is 33.6 Å². The van der Waals surface area contributed by atoms with Crippen LogP contribution in [0.3, 0.4) is 0 Å². The first kappa shape index (κ1) is 19.2. The molecule has 0 spiro atoms. The van der Waals surface area contributed by atoms with Crippen LogP contribution in [0.2, 0.25) is 0 Å². The quantitative estimate of drug-likeness (QED) is 0.629. The Bertz CT molecular complexity index is 330. The summed E-state index contributed by atoms with van der Waals surface area (Å²) >= 11 is 5.67. The molecule has 0 saturated carbocycles. The van der Waals surface area contributed by atoms with E-state index in [1.54, 1.807) is 0 Å². The molecule has 2 unspecified atom stereocenters. The van der Waals surface area contributed by atoms with Crippen LogP contribution in [0.25, 0.3) is 0 Å². The Kier molecular flexibility index (Phi) is 9.24. The molecule has 0 rings (SSSR count). The van der Waals surface area contributed by atoms with Crippen molar-refractivity contribution in [1.82, 2.24) is 9.62 Å². The lowest BCUT2D eigenvalue weighted by Gasteiger charge is -2.31. The van der Waals surface area contributed by atoms with Gasteiger partial charge in [0.2, 0.25) is 10.0 Å². The number of hydrogen-bond donors (Lipinski definition) is 1. The van der Waals surface area contributed by atoms with Crippen LogP contribution in [0, 0.1) is 11.8 Å². The van der Waals surface area contributed by atoms with E-state index in [0.717, 1.165) is 12.8 Å². The number of alkyl halides is 1. The van der Waals surface area contributed by atoms with E-state index in [-0.39, 0.29) is 17.7 Å². The third-order valence-corrected chi connectivity index (χ3v) is 5.68. The van der Waals surface area contributed by atoms with E-state index in [1.807, 2.05) is 21.0 Å². The number of nitrogens with one attached hydrogen (secondary N) is 1. The van der Waals surface area contributed by atoms with Crippen molar-refractivity contribution in [2.75, 3.05) is 32.3 Å². The molecule has 19 heavy (non-hydrogen) atoms. The SMILES string of the molecule is CCC(CC)C(CNS(=O)(=O)CC(C)CCl)N(C)C. The molecule has 2 atom stereocenters. The minimum Gasteiger partial charge on any atom is -0.305 e. The third-order valence-electron chi connectivity index (χ3n) is 3.54. The lowest BCUT2D eigenvalue weighted by molar-refractivity contribution is 0.201. The molecular formula is C13H29ClN2O2S. The number of rotatable bonds is 10. The predicted molar refractivity (Wildman–Crippen MR) is 83.2 cm³/mol. The molecule has 4 nitrogen and oxygen atoms in total. The molecular weight excluding hydrogens is 284 g/mol. The number of halogens is 1. The van der Waals surface area contributed by atoms with Crippen molar-refractivity contribution < 1.29 is 8.42 Å². The van der Waals surface area contributed by atoms with Gasteiger partial charge in [0.15, 0.2) is 0 Å². The maximum absolute atomic E-state index is 11.9.